The Morgan fingerprint density at radius 3 is 2.50 bits per heavy atom. The molecule has 0 aliphatic carbocycles. The lowest BCUT2D eigenvalue weighted by Crippen LogP contribution is -2.44. The number of nitrogens with zero attached hydrogens (tertiary/aromatic N) is 1. The maximum Gasteiger partial charge on any atom is 0.319 e. The van der Waals surface area contributed by atoms with Crippen molar-refractivity contribution < 1.29 is 19.1 Å². The number of esters is 1. The minimum absolute atomic E-state index is 0.0158. The van der Waals surface area contributed by atoms with E-state index in [1.165, 1.54) is 7.11 Å². The Morgan fingerprint density at radius 2 is 1.88 bits per heavy atom. The van der Waals surface area contributed by atoms with Gasteiger partial charge in [-0.05, 0) is 42.7 Å². The Balaban J connectivity index is 1.85. The zero-order chi connectivity index (χ0) is 23.3. The summed E-state index contributed by atoms with van der Waals surface area (Å²) in [5.74, 6) is -3.57. The lowest BCUT2D eigenvalue weighted by Gasteiger charge is -2.30. The van der Waals surface area contributed by atoms with Crippen LogP contribution in [0.3, 0.4) is 0 Å². The molecule has 2 amide bonds. The van der Waals surface area contributed by atoms with E-state index < -0.39 is 23.7 Å². The van der Waals surface area contributed by atoms with Gasteiger partial charge in [0.15, 0.2) is 0 Å². The molecule has 0 saturated heterocycles. The van der Waals surface area contributed by atoms with Crippen molar-refractivity contribution in [1.82, 2.24) is 5.32 Å². The summed E-state index contributed by atoms with van der Waals surface area (Å²) < 4.78 is 4.82. The van der Waals surface area contributed by atoms with Crippen molar-refractivity contribution in [2.75, 3.05) is 18.2 Å². The first-order valence-corrected chi connectivity index (χ1v) is 10.9. The Morgan fingerprint density at radius 1 is 1.16 bits per heavy atom. The topological polar surface area (TPSA) is 108 Å². The fourth-order valence-electron chi connectivity index (χ4n) is 3.49. The number of hydrogen-bond donors (Lipinski definition) is 2. The second-order valence-corrected chi connectivity index (χ2v) is 8.35. The molecule has 0 radical (unpaired) electrons. The zero-order valence-corrected chi connectivity index (χ0v) is 18.8. The minimum atomic E-state index is -1.19. The van der Waals surface area contributed by atoms with Crippen LogP contribution >= 0.6 is 11.8 Å². The highest BCUT2D eigenvalue weighted by Gasteiger charge is 2.44. The number of nitriles is 1. The van der Waals surface area contributed by atoms with Gasteiger partial charge in [-0.1, -0.05) is 48.2 Å². The van der Waals surface area contributed by atoms with Crippen LogP contribution in [0.1, 0.15) is 22.6 Å². The number of allylic oxidation sites excluding steroid dienone is 1. The van der Waals surface area contributed by atoms with Crippen LogP contribution in [0.4, 0.5) is 5.69 Å². The maximum absolute atomic E-state index is 12.8. The first kappa shape index (κ1) is 23.1. The second kappa shape index (κ2) is 10.2. The van der Waals surface area contributed by atoms with Gasteiger partial charge in [0.1, 0.15) is 5.92 Å². The molecule has 0 unspecified atom stereocenters. The van der Waals surface area contributed by atoms with Gasteiger partial charge in [0.05, 0.1) is 29.5 Å². The highest BCUT2D eigenvalue weighted by Crippen LogP contribution is 2.40. The van der Waals surface area contributed by atoms with Gasteiger partial charge in [0, 0.05) is 11.6 Å². The van der Waals surface area contributed by atoms with Gasteiger partial charge in [-0.25, -0.2) is 0 Å². The monoisotopic (exact) mass is 449 g/mol. The molecule has 0 aromatic heterocycles. The number of amides is 2. The lowest BCUT2D eigenvalue weighted by molar-refractivity contribution is -0.150. The standard InChI is InChI=1S/C24H23N3O4S/c1-14-9-10-17(11-15(14)2)26-19(28)13-32-23-18(12-25)20(16-7-5-4-6-8-16)21(22(29)27-23)24(30)31-3/h4-11,20-21H,13H2,1-3H3,(H,26,28)(H,27,29)/t20-,21-/m0/s1. The van der Waals surface area contributed by atoms with E-state index in [2.05, 4.69) is 16.7 Å². The van der Waals surface area contributed by atoms with Gasteiger partial charge >= 0.3 is 5.97 Å². The fourth-order valence-corrected chi connectivity index (χ4v) is 4.34. The van der Waals surface area contributed by atoms with Crippen LogP contribution in [0.5, 0.6) is 0 Å². The zero-order valence-electron chi connectivity index (χ0n) is 18.0. The second-order valence-electron chi connectivity index (χ2n) is 7.37. The molecule has 3 rings (SSSR count). The molecule has 2 atom stereocenters. The van der Waals surface area contributed by atoms with E-state index in [1.54, 1.807) is 24.3 Å². The number of methoxy groups -OCH3 is 1. The molecular weight excluding hydrogens is 426 g/mol. The average molecular weight is 450 g/mol. The van der Waals surface area contributed by atoms with E-state index in [1.807, 2.05) is 38.1 Å². The number of ether oxygens (including phenoxy) is 1. The number of nitrogens with one attached hydrogen (secondary N) is 2. The summed E-state index contributed by atoms with van der Waals surface area (Å²) in [6.45, 7) is 3.95. The van der Waals surface area contributed by atoms with Crippen molar-refractivity contribution in [1.29, 1.82) is 5.26 Å². The highest BCUT2D eigenvalue weighted by molar-refractivity contribution is 8.03. The number of hydrogen-bond acceptors (Lipinski definition) is 6. The third kappa shape index (κ3) is 5.01. The Labute approximate surface area is 190 Å². The highest BCUT2D eigenvalue weighted by atomic mass is 32.2. The van der Waals surface area contributed by atoms with Crippen molar-refractivity contribution in [3.05, 3.63) is 75.8 Å². The number of anilines is 1. The number of benzene rings is 2. The van der Waals surface area contributed by atoms with E-state index in [0.717, 1.165) is 22.9 Å². The summed E-state index contributed by atoms with van der Waals surface area (Å²) >= 11 is 1.05. The molecular formula is C24H23N3O4S. The molecule has 2 aromatic carbocycles. The molecule has 0 bridgehead atoms. The van der Waals surface area contributed by atoms with Crippen LogP contribution in [0.25, 0.3) is 0 Å². The first-order valence-electron chi connectivity index (χ1n) is 9.93. The van der Waals surface area contributed by atoms with Crippen LogP contribution < -0.4 is 10.6 Å². The molecule has 0 spiro atoms. The molecule has 2 N–H and O–H groups in total. The lowest BCUT2D eigenvalue weighted by atomic mass is 9.78. The molecule has 0 saturated carbocycles. The minimum Gasteiger partial charge on any atom is -0.468 e. The predicted molar refractivity (Wildman–Crippen MR) is 122 cm³/mol. The normalized spacial score (nSPS) is 17.9. The number of carbonyl (C=O) groups excluding carboxylic acids is 3. The van der Waals surface area contributed by atoms with Crippen LogP contribution in [0.15, 0.2) is 59.1 Å². The summed E-state index contributed by atoms with van der Waals surface area (Å²) in [6.07, 6.45) is 0. The largest absolute Gasteiger partial charge is 0.468 e. The van der Waals surface area contributed by atoms with Gasteiger partial charge in [0.2, 0.25) is 11.8 Å². The van der Waals surface area contributed by atoms with Crippen molar-refractivity contribution >= 4 is 35.2 Å². The number of aryl methyl sites for hydroxylation is 2. The van der Waals surface area contributed by atoms with E-state index in [4.69, 9.17) is 4.74 Å². The number of thioether (sulfide) groups is 1. The molecule has 164 valence electrons. The van der Waals surface area contributed by atoms with Gasteiger partial charge < -0.3 is 15.4 Å². The third-order valence-electron chi connectivity index (χ3n) is 5.28. The maximum atomic E-state index is 12.8. The first-order chi connectivity index (χ1) is 15.3. The van der Waals surface area contributed by atoms with Gasteiger partial charge in [-0.2, -0.15) is 5.26 Å². The van der Waals surface area contributed by atoms with E-state index in [9.17, 15) is 19.6 Å². The number of carbonyl (C=O) groups is 3. The molecule has 8 heteroatoms. The predicted octanol–water partition coefficient (Wildman–Crippen LogP) is 3.41. The van der Waals surface area contributed by atoms with Crippen LogP contribution in [-0.2, 0) is 19.1 Å². The van der Waals surface area contributed by atoms with E-state index >= 15 is 0 Å². The van der Waals surface area contributed by atoms with Gasteiger partial charge in [-0.15, -0.1) is 0 Å². The van der Waals surface area contributed by atoms with Gasteiger partial charge in [-0.3, -0.25) is 14.4 Å². The summed E-state index contributed by atoms with van der Waals surface area (Å²) in [5, 5.41) is 15.6. The molecule has 1 heterocycles. The molecule has 1 aliphatic heterocycles. The quantitative estimate of drug-likeness (QED) is 0.517. The third-order valence-corrected chi connectivity index (χ3v) is 6.30. The van der Waals surface area contributed by atoms with Gasteiger partial charge in [0.25, 0.3) is 0 Å². The van der Waals surface area contributed by atoms with Crippen molar-refractivity contribution in [2.24, 2.45) is 5.92 Å². The average Bonchev–Trinajstić information content (AvgIpc) is 2.79. The fraction of sp³-hybridized carbons (Fsp3) is 0.250. The van der Waals surface area contributed by atoms with Crippen molar-refractivity contribution in [2.45, 2.75) is 19.8 Å². The molecule has 7 nitrogen and oxygen atoms in total. The Kier molecular flexibility index (Phi) is 7.33. The summed E-state index contributed by atoms with van der Waals surface area (Å²) in [4.78, 5) is 37.6. The smallest absolute Gasteiger partial charge is 0.319 e. The summed E-state index contributed by atoms with van der Waals surface area (Å²) in [5.41, 5.74) is 3.72. The van der Waals surface area contributed by atoms with Crippen molar-refractivity contribution in [3.63, 3.8) is 0 Å². The molecule has 32 heavy (non-hydrogen) atoms. The van der Waals surface area contributed by atoms with E-state index in [0.29, 0.717) is 11.3 Å². The number of rotatable bonds is 6. The summed E-state index contributed by atoms with van der Waals surface area (Å²) in [7, 11) is 1.20. The van der Waals surface area contributed by atoms with Crippen LogP contribution in [-0.4, -0.2) is 30.6 Å². The van der Waals surface area contributed by atoms with Crippen molar-refractivity contribution in [3.8, 4) is 6.07 Å². The van der Waals surface area contributed by atoms with E-state index in [-0.39, 0.29) is 22.3 Å². The molecule has 0 fully saturated rings. The SMILES string of the molecule is COC(=O)[C@@H]1C(=O)NC(SCC(=O)Nc2ccc(C)c(C)c2)=C(C#N)[C@@H]1c1ccccc1. The van der Waals surface area contributed by atoms with Crippen LogP contribution in [0, 0.1) is 31.1 Å². The summed E-state index contributed by atoms with van der Waals surface area (Å²) in [6, 6.07) is 16.6. The molecule has 1 aliphatic rings. The molecule has 2 aromatic rings. The Hall–Kier alpha value is -3.57. The Bertz CT molecular complexity index is 1120. The van der Waals surface area contributed by atoms with Crippen LogP contribution in [0.2, 0.25) is 0 Å².